The molecule has 1 saturated heterocycles. The summed E-state index contributed by atoms with van der Waals surface area (Å²) in [7, 11) is 1.80. The first-order valence-corrected chi connectivity index (χ1v) is 7.80. The first kappa shape index (κ1) is 16.9. The zero-order valence-electron chi connectivity index (χ0n) is 13.0. The van der Waals surface area contributed by atoms with E-state index >= 15 is 0 Å². The standard InChI is InChI=1S/C15H32N2O2/c1-4-9-16-15(5-2,13-18)8-6-10-17-11-7-14(12-17)19-3/h14,16,18H,4-13H2,1-3H3. The van der Waals surface area contributed by atoms with Gasteiger partial charge in [0.1, 0.15) is 0 Å². The summed E-state index contributed by atoms with van der Waals surface area (Å²) in [5.41, 5.74) is -0.0730. The van der Waals surface area contributed by atoms with Crippen LogP contribution >= 0.6 is 0 Å². The van der Waals surface area contributed by atoms with Crippen LogP contribution in [-0.4, -0.2) is 61.5 Å². The Hall–Kier alpha value is -0.160. The van der Waals surface area contributed by atoms with Crippen molar-refractivity contribution < 1.29 is 9.84 Å². The molecule has 19 heavy (non-hydrogen) atoms. The van der Waals surface area contributed by atoms with Crippen molar-refractivity contribution in [3.63, 3.8) is 0 Å². The molecule has 0 aromatic carbocycles. The van der Waals surface area contributed by atoms with E-state index in [0.29, 0.717) is 6.10 Å². The molecule has 0 amide bonds. The highest BCUT2D eigenvalue weighted by Gasteiger charge is 2.27. The average Bonchev–Trinajstić information content (AvgIpc) is 2.91. The van der Waals surface area contributed by atoms with Crippen molar-refractivity contribution in [1.29, 1.82) is 0 Å². The molecule has 0 aromatic heterocycles. The summed E-state index contributed by atoms with van der Waals surface area (Å²) in [4.78, 5) is 2.48. The van der Waals surface area contributed by atoms with Crippen LogP contribution in [0.25, 0.3) is 0 Å². The van der Waals surface area contributed by atoms with Crippen LogP contribution in [0, 0.1) is 0 Å². The highest BCUT2D eigenvalue weighted by molar-refractivity contribution is 4.86. The lowest BCUT2D eigenvalue weighted by Gasteiger charge is -2.33. The van der Waals surface area contributed by atoms with Gasteiger partial charge in [0.25, 0.3) is 0 Å². The molecule has 1 heterocycles. The van der Waals surface area contributed by atoms with E-state index in [1.807, 2.05) is 0 Å². The smallest absolute Gasteiger partial charge is 0.0710 e. The van der Waals surface area contributed by atoms with Gasteiger partial charge in [0.05, 0.1) is 12.7 Å². The van der Waals surface area contributed by atoms with Crippen LogP contribution in [0.5, 0.6) is 0 Å². The molecule has 0 aliphatic carbocycles. The number of aliphatic hydroxyl groups excluding tert-OH is 1. The van der Waals surface area contributed by atoms with Crippen molar-refractivity contribution in [3.8, 4) is 0 Å². The maximum absolute atomic E-state index is 9.68. The third kappa shape index (κ3) is 5.38. The van der Waals surface area contributed by atoms with Crippen molar-refractivity contribution in [3.05, 3.63) is 0 Å². The Morgan fingerprint density at radius 3 is 2.74 bits per heavy atom. The number of aliphatic hydroxyl groups is 1. The quantitative estimate of drug-likeness (QED) is 0.634. The molecule has 2 N–H and O–H groups in total. The molecule has 0 bridgehead atoms. The summed E-state index contributed by atoms with van der Waals surface area (Å²) in [6.07, 6.45) is 5.87. The Morgan fingerprint density at radius 1 is 1.42 bits per heavy atom. The fraction of sp³-hybridized carbons (Fsp3) is 1.00. The fourth-order valence-corrected chi connectivity index (χ4v) is 2.86. The molecule has 1 aliphatic rings. The van der Waals surface area contributed by atoms with Crippen LogP contribution in [0.3, 0.4) is 0 Å². The van der Waals surface area contributed by atoms with E-state index < -0.39 is 0 Å². The molecule has 0 spiro atoms. The van der Waals surface area contributed by atoms with Gasteiger partial charge in [0, 0.05) is 25.7 Å². The summed E-state index contributed by atoms with van der Waals surface area (Å²) in [5.74, 6) is 0. The summed E-state index contributed by atoms with van der Waals surface area (Å²) >= 11 is 0. The maximum atomic E-state index is 9.68. The molecule has 4 heteroatoms. The Labute approximate surface area is 118 Å². The zero-order valence-corrected chi connectivity index (χ0v) is 13.0. The average molecular weight is 272 g/mol. The number of hydrogen-bond donors (Lipinski definition) is 2. The van der Waals surface area contributed by atoms with Gasteiger partial charge in [0.2, 0.25) is 0 Å². The molecule has 0 aromatic rings. The molecule has 1 fully saturated rings. The van der Waals surface area contributed by atoms with Crippen molar-refractivity contribution in [2.75, 3.05) is 39.9 Å². The first-order valence-electron chi connectivity index (χ1n) is 7.80. The summed E-state index contributed by atoms with van der Waals surface area (Å²) in [5, 5.41) is 13.2. The lowest BCUT2D eigenvalue weighted by Crippen LogP contribution is -2.48. The van der Waals surface area contributed by atoms with Crippen LogP contribution in [-0.2, 0) is 4.74 Å². The van der Waals surface area contributed by atoms with Gasteiger partial charge in [-0.05, 0) is 45.2 Å². The van der Waals surface area contributed by atoms with Crippen molar-refractivity contribution >= 4 is 0 Å². The largest absolute Gasteiger partial charge is 0.394 e. The normalized spacial score (nSPS) is 23.7. The van der Waals surface area contributed by atoms with Gasteiger partial charge in [-0.3, -0.25) is 0 Å². The molecule has 1 rings (SSSR count). The van der Waals surface area contributed by atoms with E-state index in [-0.39, 0.29) is 12.1 Å². The van der Waals surface area contributed by atoms with Crippen LogP contribution in [0.4, 0.5) is 0 Å². The van der Waals surface area contributed by atoms with Gasteiger partial charge in [0.15, 0.2) is 0 Å². The monoisotopic (exact) mass is 272 g/mol. The summed E-state index contributed by atoms with van der Waals surface area (Å²) in [6, 6.07) is 0. The molecule has 1 aliphatic heterocycles. The number of nitrogens with one attached hydrogen (secondary N) is 1. The third-order valence-electron chi connectivity index (χ3n) is 4.42. The number of ether oxygens (including phenoxy) is 1. The number of hydrogen-bond acceptors (Lipinski definition) is 4. The molecular weight excluding hydrogens is 240 g/mol. The first-order chi connectivity index (χ1) is 9.19. The predicted molar refractivity (Wildman–Crippen MR) is 79.5 cm³/mol. The number of methoxy groups -OCH3 is 1. The number of rotatable bonds is 10. The molecule has 2 atom stereocenters. The van der Waals surface area contributed by atoms with Gasteiger partial charge >= 0.3 is 0 Å². The lowest BCUT2D eigenvalue weighted by atomic mass is 9.91. The Kier molecular flexibility index (Phi) is 7.91. The van der Waals surface area contributed by atoms with Gasteiger partial charge in [-0.1, -0.05) is 13.8 Å². The number of likely N-dealkylation sites (tertiary alicyclic amines) is 1. The minimum Gasteiger partial charge on any atom is -0.394 e. The molecule has 114 valence electrons. The SMILES string of the molecule is CCCNC(CC)(CO)CCCN1CCC(OC)C1. The van der Waals surface area contributed by atoms with Crippen LogP contribution < -0.4 is 5.32 Å². The second kappa shape index (κ2) is 8.90. The van der Waals surface area contributed by atoms with Crippen LogP contribution in [0.2, 0.25) is 0 Å². The third-order valence-corrected chi connectivity index (χ3v) is 4.42. The molecule has 0 radical (unpaired) electrons. The molecule has 0 saturated carbocycles. The van der Waals surface area contributed by atoms with E-state index in [9.17, 15) is 5.11 Å². The Balaban J connectivity index is 2.28. The van der Waals surface area contributed by atoms with E-state index in [1.165, 1.54) is 0 Å². The highest BCUT2D eigenvalue weighted by Crippen LogP contribution is 2.19. The second-order valence-corrected chi connectivity index (χ2v) is 5.77. The van der Waals surface area contributed by atoms with Gasteiger partial charge in [-0.2, -0.15) is 0 Å². The van der Waals surface area contributed by atoms with E-state index in [4.69, 9.17) is 4.74 Å². The highest BCUT2D eigenvalue weighted by atomic mass is 16.5. The molecular formula is C15H32N2O2. The summed E-state index contributed by atoms with van der Waals surface area (Å²) in [6.45, 7) is 8.90. The predicted octanol–water partition coefficient (Wildman–Crippen LogP) is 1.63. The Morgan fingerprint density at radius 2 is 2.21 bits per heavy atom. The van der Waals surface area contributed by atoms with E-state index in [2.05, 4.69) is 24.1 Å². The van der Waals surface area contributed by atoms with Crippen molar-refractivity contribution in [2.45, 2.75) is 57.6 Å². The lowest BCUT2D eigenvalue weighted by molar-refractivity contribution is 0.106. The molecule has 4 nitrogen and oxygen atoms in total. The minimum absolute atomic E-state index is 0.0730. The van der Waals surface area contributed by atoms with Gasteiger partial charge < -0.3 is 20.1 Å². The second-order valence-electron chi connectivity index (χ2n) is 5.77. The van der Waals surface area contributed by atoms with Gasteiger partial charge in [-0.15, -0.1) is 0 Å². The Bertz CT molecular complexity index is 232. The molecule has 2 unspecified atom stereocenters. The van der Waals surface area contributed by atoms with E-state index in [1.54, 1.807) is 7.11 Å². The zero-order chi connectivity index (χ0) is 14.1. The van der Waals surface area contributed by atoms with Crippen LogP contribution in [0.15, 0.2) is 0 Å². The van der Waals surface area contributed by atoms with E-state index in [0.717, 1.165) is 58.3 Å². The minimum atomic E-state index is -0.0730. The van der Waals surface area contributed by atoms with Gasteiger partial charge in [-0.25, -0.2) is 0 Å². The number of nitrogens with zero attached hydrogens (tertiary/aromatic N) is 1. The van der Waals surface area contributed by atoms with Crippen molar-refractivity contribution in [1.82, 2.24) is 10.2 Å². The fourth-order valence-electron chi connectivity index (χ4n) is 2.86. The van der Waals surface area contributed by atoms with Crippen molar-refractivity contribution in [2.24, 2.45) is 0 Å². The summed E-state index contributed by atoms with van der Waals surface area (Å²) < 4.78 is 5.39. The topological polar surface area (TPSA) is 44.7 Å². The maximum Gasteiger partial charge on any atom is 0.0710 e. The van der Waals surface area contributed by atoms with Crippen LogP contribution in [0.1, 0.15) is 46.0 Å².